The average molecular weight is 383 g/mol. The van der Waals surface area contributed by atoms with Crippen molar-refractivity contribution in [3.8, 4) is 5.75 Å². The van der Waals surface area contributed by atoms with E-state index in [1.54, 1.807) is 12.1 Å². The Kier molecular flexibility index (Phi) is 8.85. The third-order valence-corrected chi connectivity index (χ3v) is 4.05. The second-order valence-electron chi connectivity index (χ2n) is 6.29. The zero-order valence-corrected chi connectivity index (χ0v) is 16.9. The van der Waals surface area contributed by atoms with E-state index < -0.39 is 0 Å². The maximum atomic E-state index is 12.1. The highest BCUT2D eigenvalue weighted by Crippen LogP contribution is 2.13. The smallest absolute Gasteiger partial charge is 0.251 e. The highest BCUT2D eigenvalue weighted by molar-refractivity contribution is 5.94. The summed E-state index contributed by atoms with van der Waals surface area (Å²) in [5.41, 5.74) is 1.83. The molecule has 2 N–H and O–H groups in total. The molecule has 0 saturated heterocycles. The second kappa shape index (κ2) is 11.6. The van der Waals surface area contributed by atoms with Crippen molar-refractivity contribution >= 4 is 11.9 Å². The molecule has 0 spiro atoms. The lowest BCUT2D eigenvalue weighted by atomic mass is 10.2. The zero-order chi connectivity index (χ0) is 20.2. The number of hydrogen-bond acceptors (Lipinski definition) is 3. The summed E-state index contributed by atoms with van der Waals surface area (Å²) < 4.78 is 5.48. The molecule has 6 nitrogen and oxygen atoms in total. The molecule has 6 heteroatoms. The first-order chi connectivity index (χ1) is 13.6. The number of benzene rings is 2. The first-order valence-corrected chi connectivity index (χ1v) is 9.68. The van der Waals surface area contributed by atoms with Gasteiger partial charge in [-0.05, 0) is 43.7 Å². The van der Waals surface area contributed by atoms with Crippen molar-refractivity contribution in [2.75, 3.05) is 33.3 Å². The van der Waals surface area contributed by atoms with E-state index in [1.165, 1.54) is 5.56 Å². The Morgan fingerprint density at radius 1 is 1.04 bits per heavy atom. The fraction of sp³-hybridized carbons (Fsp3) is 0.364. The molecule has 0 unspecified atom stereocenters. The van der Waals surface area contributed by atoms with E-state index in [-0.39, 0.29) is 5.91 Å². The van der Waals surface area contributed by atoms with Gasteiger partial charge in [-0.25, -0.2) is 0 Å². The van der Waals surface area contributed by atoms with Crippen LogP contribution in [0.25, 0.3) is 0 Å². The van der Waals surface area contributed by atoms with Crippen LogP contribution in [0, 0.1) is 0 Å². The molecule has 2 aromatic rings. The third kappa shape index (κ3) is 6.95. The molecule has 0 radical (unpaired) electrons. The molecule has 0 aliphatic carbocycles. The van der Waals surface area contributed by atoms with Crippen LogP contribution >= 0.6 is 0 Å². The van der Waals surface area contributed by atoms with Crippen LogP contribution in [0.1, 0.15) is 29.8 Å². The van der Waals surface area contributed by atoms with Gasteiger partial charge >= 0.3 is 0 Å². The fourth-order valence-corrected chi connectivity index (χ4v) is 2.70. The van der Waals surface area contributed by atoms with Crippen LogP contribution in [0.4, 0.5) is 0 Å². The number of aliphatic imine (C=N–C) groups is 1. The largest absolute Gasteiger partial charge is 0.494 e. The molecule has 2 aromatic carbocycles. The van der Waals surface area contributed by atoms with Gasteiger partial charge in [0.25, 0.3) is 5.91 Å². The molecule has 0 atom stereocenters. The third-order valence-electron chi connectivity index (χ3n) is 4.05. The van der Waals surface area contributed by atoms with Crippen LogP contribution in [0.3, 0.4) is 0 Å². The molecule has 2 rings (SSSR count). The number of guanidine groups is 1. The summed E-state index contributed by atoms with van der Waals surface area (Å²) in [4.78, 5) is 18.8. The second-order valence-corrected chi connectivity index (χ2v) is 6.29. The lowest BCUT2D eigenvalue weighted by Crippen LogP contribution is -2.39. The van der Waals surface area contributed by atoms with Crippen molar-refractivity contribution in [3.63, 3.8) is 0 Å². The van der Waals surface area contributed by atoms with Gasteiger partial charge in [-0.3, -0.25) is 9.79 Å². The van der Waals surface area contributed by atoms with Gasteiger partial charge in [0.05, 0.1) is 13.2 Å². The van der Waals surface area contributed by atoms with Crippen LogP contribution < -0.4 is 15.4 Å². The molecule has 0 saturated carbocycles. The number of ether oxygens (including phenoxy) is 1. The maximum absolute atomic E-state index is 12.1. The summed E-state index contributed by atoms with van der Waals surface area (Å²) in [7, 11) is 2.00. The number of hydrogen-bond donors (Lipinski definition) is 2. The molecular formula is C22H30N4O2. The zero-order valence-electron chi connectivity index (χ0n) is 16.9. The molecule has 150 valence electrons. The Balaban J connectivity index is 1.86. The average Bonchev–Trinajstić information content (AvgIpc) is 2.72. The highest BCUT2D eigenvalue weighted by atomic mass is 16.5. The van der Waals surface area contributed by atoms with Crippen molar-refractivity contribution in [1.29, 1.82) is 0 Å². The summed E-state index contributed by atoms with van der Waals surface area (Å²) in [6, 6.07) is 17.3. The molecular weight excluding hydrogens is 352 g/mol. The first kappa shape index (κ1) is 21.3. The van der Waals surface area contributed by atoms with Gasteiger partial charge in [-0.1, -0.05) is 30.3 Å². The van der Waals surface area contributed by atoms with E-state index in [0.717, 1.165) is 24.8 Å². The topological polar surface area (TPSA) is 66.0 Å². The summed E-state index contributed by atoms with van der Waals surface area (Å²) >= 11 is 0. The standard InChI is InChI=1S/C22H30N4O2/c1-4-23-22(25-16-15-24-21(27)19-9-7-6-8-10-19)26(3)17-18-11-13-20(14-12-18)28-5-2/h6-14H,4-5,15-17H2,1-3H3,(H,23,25)(H,24,27). The van der Waals surface area contributed by atoms with Gasteiger partial charge in [0.2, 0.25) is 0 Å². The first-order valence-electron chi connectivity index (χ1n) is 9.68. The van der Waals surface area contributed by atoms with E-state index >= 15 is 0 Å². The minimum absolute atomic E-state index is 0.0801. The molecule has 28 heavy (non-hydrogen) atoms. The minimum atomic E-state index is -0.0801. The molecule has 0 aliphatic heterocycles. The van der Waals surface area contributed by atoms with Crippen LogP contribution in [0.2, 0.25) is 0 Å². The van der Waals surface area contributed by atoms with E-state index in [1.807, 2.05) is 51.2 Å². The highest BCUT2D eigenvalue weighted by Gasteiger charge is 2.07. The molecule has 1 amide bonds. The van der Waals surface area contributed by atoms with Gasteiger partial charge < -0.3 is 20.3 Å². The van der Waals surface area contributed by atoms with Crippen molar-refractivity contribution in [2.24, 2.45) is 4.99 Å². The number of nitrogens with zero attached hydrogens (tertiary/aromatic N) is 2. The quantitative estimate of drug-likeness (QED) is 0.398. The van der Waals surface area contributed by atoms with Crippen molar-refractivity contribution in [3.05, 3.63) is 65.7 Å². The lowest BCUT2D eigenvalue weighted by molar-refractivity contribution is 0.0955. The van der Waals surface area contributed by atoms with Gasteiger partial charge in [-0.15, -0.1) is 0 Å². The van der Waals surface area contributed by atoms with Crippen LogP contribution in [-0.4, -0.2) is 50.1 Å². The van der Waals surface area contributed by atoms with E-state index in [4.69, 9.17) is 4.74 Å². The Labute approximate surface area is 167 Å². The van der Waals surface area contributed by atoms with Gasteiger partial charge in [-0.2, -0.15) is 0 Å². The summed E-state index contributed by atoms with van der Waals surface area (Å²) in [5, 5.41) is 6.19. The van der Waals surface area contributed by atoms with Crippen molar-refractivity contribution < 1.29 is 9.53 Å². The molecule has 0 fully saturated rings. The van der Waals surface area contributed by atoms with E-state index in [0.29, 0.717) is 25.3 Å². The molecule has 0 bridgehead atoms. The summed E-state index contributed by atoms with van der Waals surface area (Å²) in [6.07, 6.45) is 0. The number of carbonyl (C=O) groups is 1. The SMILES string of the molecule is CCNC(=NCCNC(=O)c1ccccc1)N(C)Cc1ccc(OCC)cc1. The summed E-state index contributed by atoms with van der Waals surface area (Å²) in [5.74, 6) is 1.61. The van der Waals surface area contributed by atoms with Crippen LogP contribution in [0.15, 0.2) is 59.6 Å². The predicted molar refractivity (Wildman–Crippen MR) is 114 cm³/mol. The Morgan fingerprint density at radius 2 is 1.75 bits per heavy atom. The Hall–Kier alpha value is -3.02. The van der Waals surface area contributed by atoms with E-state index in [9.17, 15) is 4.79 Å². The van der Waals surface area contributed by atoms with Crippen molar-refractivity contribution in [1.82, 2.24) is 15.5 Å². The summed E-state index contributed by atoms with van der Waals surface area (Å²) in [6.45, 7) is 7.18. The normalized spacial score (nSPS) is 11.0. The van der Waals surface area contributed by atoms with Gasteiger partial charge in [0, 0.05) is 32.2 Å². The fourth-order valence-electron chi connectivity index (χ4n) is 2.70. The number of nitrogens with one attached hydrogen (secondary N) is 2. The maximum Gasteiger partial charge on any atom is 0.251 e. The Morgan fingerprint density at radius 3 is 2.39 bits per heavy atom. The molecule has 0 aliphatic rings. The monoisotopic (exact) mass is 382 g/mol. The number of rotatable bonds is 9. The van der Waals surface area contributed by atoms with Crippen LogP contribution in [0.5, 0.6) is 5.75 Å². The minimum Gasteiger partial charge on any atom is -0.494 e. The Bertz CT molecular complexity index is 745. The molecule has 0 heterocycles. The number of amides is 1. The van der Waals surface area contributed by atoms with Gasteiger partial charge in [0.15, 0.2) is 5.96 Å². The van der Waals surface area contributed by atoms with Crippen molar-refractivity contribution in [2.45, 2.75) is 20.4 Å². The molecule has 0 aromatic heterocycles. The van der Waals surface area contributed by atoms with Crippen LogP contribution in [-0.2, 0) is 6.54 Å². The number of carbonyl (C=O) groups excluding carboxylic acids is 1. The van der Waals surface area contributed by atoms with E-state index in [2.05, 4.69) is 32.7 Å². The van der Waals surface area contributed by atoms with Gasteiger partial charge in [0.1, 0.15) is 5.75 Å². The predicted octanol–water partition coefficient (Wildman–Crippen LogP) is 2.91. The lowest BCUT2D eigenvalue weighted by Gasteiger charge is -2.22.